The molecule has 0 saturated carbocycles. The predicted octanol–water partition coefficient (Wildman–Crippen LogP) is 3.99. The topological polar surface area (TPSA) is 30.2 Å². The predicted molar refractivity (Wildman–Crippen MR) is 59.2 cm³/mol. The van der Waals surface area contributed by atoms with Crippen LogP contribution in [0.15, 0.2) is 32.0 Å². The summed E-state index contributed by atoms with van der Waals surface area (Å²) >= 11 is 10.5. The maximum absolute atomic E-state index is 11.8. The van der Waals surface area contributed by atoms with Crippen molar-refractivity contribution in [1.82, 2.24) is 0 Å². The average molecular weight is 292 g/mol. The molecule has 0 aliphatic rings. The lowest BCUT2D eigenvalue weighted by molar-refractivity contribution is 0.103. The molecule has 2 nitrogen and oxygen atoms in total. The van der Waals surface area contributed by atoms with Crippen molar-refractivity contribution in [1.29, 1.82) is 0 Å². The molecule has 0 aliphatic heterocycles. The molecule has 0 fully saturated rings. The number of ketones is 1. The SMILES string of the molecule is O=C(c1cscc1Br)c1ccoc1Cl. The Bertz CT molecular complexity index is 432. The number of halogens is 2. The lowest BCUT2D eigenvalue weighted by Gasteiger charge is -1.95. The Balaban J connectivity index is 2.44. The molecule has 0 unspecified atom stereocenters. The van der Waals surface area contributed by atoms with Gasteiger partial charge in [0, 0.05) is 20.8 Å². The first-order chi connectivity index (χ1) is 6.70. The van der Waals surface area contributed by atoms with Crippen LogP contribution in [0.1, 0.15) is 15.9 Å². The van der Waals surface area contributed by atoms with Crippen LogP contribution in [0.25, 0.3) is 0 Å². The van der Waals surface area contributed by atoms with E-state index >= 15 is 0 Å². The van der Waals surface area contributed by atoms with E-state index in [-0.39, 0.29) is 11.0 Å². The van der Waals surface area contributed by atoms with E-state index in [2.05, 4.69) is 15.9 Å². The third-order valence-electron chi connectivity index (χ3n) is 1.72. The molecule has 5 heteroatoms. The average Bonchev–Trinajstić information content (AvgIpc) is 2.73. The van der Waals surface area contributed by atoms with E-state index < -0.39 is 0 Å². The largest absolute Gasteiger partial charge is 0.452 e. The van der Waals surface area contributed by atoms with E-state index in [0.29, 0.717) is 11.1 Å². The Hall–Kier alpha value is -0.580. The Kier molecular flexibility index (Phi) is 2.76. The van der Waals surface area contributed by atoms with Crippen LogP contribution >= 0.6 is 38.9 Å². The molecule has 2 aromatic rings. The van der Waals surface area contributed by atoms with Crippen LogP contribution in [0.4, 0.5) is 0 Å². The van der Waals surface area contributed by atoms with Gasteiger partial charge in [-0.25, -0.2) is 0 Å². The van der Waals surface area contributed by atoms with Crippen LogP contribution < -0.4 is 0 Å². The summed E-state index contributed by atoms with van der Waals surface area (Å²) in [5, 5.41) is 3.75. The minimum Gasteiger partial charge on any atom is -0.452 e. The van der Waals surface area contributed by atoms with Crippen molar-refractivity contribution in [2.75, 3.05) is 0 Å². The molecule has 0 atom stereocenters. The maximum Gasteiger partial charge on any atom is 0.204 e. The third-order valence-corrected chi connectivity index (χ3v) is 3.72. The lowest BCUT2D eigenvalue weighted by atomic mass is 10.1. The minimum atomic E-state index is -0.128. The van der Waals surface area contributed by atoms with Gasteiger partial charge in [0.25, 0.3) is 0 Å². The van der Waals surface area contributed by atoms with Crippen LogP contribution in [0.3, 0.4) is 0 Å². The molecule has 72 valence electrons. The first-order valence-corrected chi connectivity index (χ1v) is 5.81. The fourth-order valence-corrected chi connectivity index (χ4v) is 2.70. The summed E-state index contributed by atoms with van der Waals surface area (Å²) in [4.78, 5) is 11.8. The molecule has 2 heterocycles. The fourth-order valence-electron chi connectivity index (χ4n) is 1.04. The van der Waals surface area contributed by atoms with Gasteiger partial charge in [0.05, 0.1) is 11.8 Å². The minimum absolute atomic E-state index is 0.128. The first kappa shape index (κ1) is 9.96. The summed E-state index contributed by atoms with van der Waals surface area (Å²) in [5.74, 6) is -0.128. The summed E-state index contributed by atoms with van der Waals surface area (Å²) < 4.78 is 5.64. The van der Waals surface area contributed by atoms with E-state index in [4.69, 9.17) is 16.0 Å². The molecule has 2 aromatic heterocycles. The van der Waals surface area contributed by atoms with E-state index in [1.165, 1.54) is 17.6 Å². The van der Waals surface area contributed by atoms with Gasteiger partial charge in [0.15, 0.2) is 5.78 Å². The van der Waals surface area contributed by atoms with Crippen molar-refractivity contribution in [2.45, 2.75) is 0 Å². The lowest BCUT2D eigenvalue weighted by Crippen LogP contribution is -1.98. The van der Waals surface area contributed by atoms with Gasteiger partial charge in [-0.05, 0) is 33.6 Å². The van der Waals surface area contributed by atoms with Gasteiger partial charge in [-0.3, -0.25) is 4.79 Å². The van der Waals surface area contributed by atoms with Crippen molar-refractivity contribution in [2.24, 2.45) is 0 Å². The molecule has 0 aromatic carbocycles. The van der Waals surface area contributed by atoms with Gasteiger partial charge in [0.2, 0.25) is 5.22 Å². The van der Waals surface area contributed by atoms with Crippen molar-refractivity contribution in [3.05, 3.63) is 43.9 Å². The van der Waals surface area contributed by atoms with Crippen molar-refractivity contribution < 1.29 is 9.21 Å². The van der Waals surface area contributed by atoms with E-state index in [1.807, 2.05) is 5.38 Å². The summed E-state index contributed by atoms with van der Waals surface area (Å²) in [6, 6.07) is 1.56. The summed E-state index contributed by atoms with van der Waals surface area (Å²) in [7, 11) is 0. The Morgan fingerprint density at radius 3 is 2.71 bits per heavy atom. The summed E-state index contributed by atoms with van der Waals surface area (Å²) in [5.41, 5.74) is 1.00. The van der Waals surface area contributed by atoms with Crippen LogP contribution in [-0.2, 0) is 0 Å². The van der Waals surface area contributed by atoms with Crippen LogP contribution in [0, 0.1) is 0 Å². The molecule has 0 saturated heterocycles. The van der Waals surface area contributed by atoms with Crippen LogP contribution in [-0.4, -0.2) is 5.78 Å². The highest BCUT2D eigenvalue weighted by Gasteiger charge is 2.17. The molecule has 0 radical (unpaired) electrons. The highest BCUT2D eigenvalue weighted by molar-refractivity contribution is 9.10. The molecule has 2 rings (SSSR count). The number of furan rings is 1. The quantitative estimate of drug-likeness (QED) is 0.783. The molecule has 0 aliphatic carbocycles. The van der Waals surface area contributed by atoms with Gasteiger partial charge >= 0.3 is 0 Å². The van der Waals surface area contributed by atoms with Gasteiger partial charge in [-0.1, -0.05) is 0 Å². The number of carbonyl (C=O) groups is 1. The second kappa shape index (κ2) is 3.88. The van der Waals surface area contributed by atoms with Gasteiger partial charge < -0.3 is 4.42 Å². The maximum atomic E-state index is 11.8. The molecule has 0 amide bonds. The number of rotatable bonds is 2. The Labute approximate surface area is 97.6 Å². The normalized spacial score (nSPS) is 10.4. The molecule has 14 heavy (non-hydrogen) atoms. The molecule has 0 bridgehead atoms. The van der Waals surface area contributed by atoms with Crippen molar-refractivity contribution in [3.8, 4) is 0 Å². The van der Waals surface area contributed by atoms with Gasteiger partial charge in [-0.15, -0.1) is 0 Å². The summed E-state index contributed by atoms with van der Waals surface area (Å²) in [6.07, 6.45) is 1.40. The van der Waals surface area contributed by atoms with Gasteiger partial charge in [-0.2, -0.15) is 11.3 Å². The van der Waals surface area contributed by atoms with Crippen LogP contribution in [0.2, 0.25) is 5.22 Å². The Morgan fingerprint density at radius 1 is 1.43 bits per heavy atom. The number of thiophene rings is 1. The molecule has 0 N–H and O–H groups in total. The van der Waals surface area contributed by atoms with E-state index in [9.17, 15) is 4.79 Å². The zero-order valence-electron chi connectivity index (χ0n) is 6.79. The fraction of sp³-hybridized carbons (Fsp3) is 0. The molecular weight excluding hydrogens is 288 g/mol. The summed E-state index contributed by atoms with van der Waals surface area (Å²) in [6.45, 7) is 0. The zero-order chi connectivity index (χ0) is 10.1. The molecular formula is C9H4BrClO2S. The second-order valence-electron chi connectivity index (χ2n) is 2.57. The number of hydrogen-bond donors (Lipinski definition) is 0. The zero-order valence-corrected chi connectivity index (χ0v) is 9.95. The van der Waals surface area contributed by atoms with Crippen LogP contribution in [0.5, 0.6) is 0 Å². The van der Waals surface area contributed by atoms with Crippen molar-refractivity contribution in [3.63, 3.8) is 0 Å². The first-order valence-electron chi connectivity index (χ1n) is 3.69. The number of hydrogen-bond acceptors (Lipinski definition) is 3. The monoisotopic (exact) mass is 290 g/mol. The highest BCUT2D eigenvalue weighted by Crippen LogP contribution is 2.27. The Morgan fingerprint density at radius 2 is 2.21 bits per heavy atom. The standard InChI is InChI=1S/C9H4BrClO2S/c10-7-4-14-3-6(7)8(12)5-1-2-13-9(5)11/h1-4H. The second-order valence-corrected chi connectivity index (χ2v) is 4.51. The molecule has 0 spiro atoms. The highest BCUT2D eigenvalue weighted by atomic mass is 79.9. The smallest absolute Gasteiger partial charge is 0.204 e. The number of carbonyl (C=O) groups excluding carboxylic acids is 1. The third kappa shape index (κ3) is 1.65. The van der Waals surface area contributed by atoms with E-state index in [1.54, 1.807) is 11.4 Å². The van der Waals surface area contributed by atoms with Gasteiger partial charge in [0.1, 0.15) is 0 Å². The van der Waals surface area contributed by atoms with E-state index in [0.717, 1.165) is 4.47 Å². The van der Waals surface area contributed by atoms with Crippen molar-refractivity contribution >= 4 is 44.7 Å².